The van der Waals surface area contributed by atoms with Crippen LogP contribution >= 0.6 is 0 Å². The zero-order chi connectivity index (χ0) is 13.7. The number of nitriles is 1. The topological polar surface area (TPSA) is 55.7 Å². The Morgan fingerprint density at radius 2 is 2.05 bits per heavy atom. The van der Waals surface area contributed by atoms with Crippen LogP contribution in [0.5, 0.6) is 0 Å². The van der Waals surface area contributed by atoms with Crippen molar-refractivity contribution < 1.29 is 4.73 Å². The van der Waals surface area contributed by atoms with Crippen LogP contribution in [0.15, 0.2) is 42.5 Å². The van der Waals surface area contributed by atoms with E-state index in [1.54, 1.807) is 12.1 Å². The van der Waals surface area contributed by atoms with Gasteiger partial charge in [0.05, 0.1) is 23.7 Å². The summed E-state index contributed by atoms with van der Waals surface area (Å²) >= 11 is 0. The zero-order valence-electron chi connectivity index (χ0n) is 10.7. The molecule has 0 radical (unpaired) electrons. The number of hydrogen-bond donors (Lipinski definition) is 0. The van der Waals surface area contributed by atoms with Gasteiger partial charge >= 0.3 is 0 Å². The van der Waals surface area contributed by atoms with Gasteiger partial charge in [-0.3, -0.25) is 0 Å². The summed E-state index contributed by atoms with van der Waals surface area (Å²) in [7, 11) is 0. The highest BCUT2D eigenvalue weighted by Gasteiger charge is 2.28. The molecule has 2 heterocycles. The lowest BCUT2D eigenvalue weighted by Gasteiger charge is -2.15. The maximum absolute atomic E-state index is 12.6. The fourth-order valence-corrected chi connectivity index (χ4v) is 2.99. The Hall–Kier alpha value is -2.80. The second-order valence-corrected chi connectivity index (χ2v) is 4.99. The Bertz CT molecular complexity index is 887. The number of imidazole rings is 1. The van der Waals surface area contributed by atoms with Crippen LogP contribution < -0.4 is 4.73 Å². The molecule has 4 nitrogen and oxygen atoms in total. The molecule has 2 aromatic carbocycles. The molecule has 0 saturated carbocycles. The van der Waals surface area contributed by atoms with Crippen molar-refractivity contribution in [1.29, 1.82) is 5.26 Å². The van der Waals surface area contributed by atoms with Crippen molar-refractivity contribution in [3.63, 3.8) is 0 Å². The predicted molar refractivity (Wildman–Crippen MR) is 74.8 cm³/mol. The van der Waals surface area contributed by atoms with E-state index in [9.17, 15) is 5.21 Å². The van der Waals surface area contributed by atoms with Crippen LogP contribution in [0.25, 0.3) is 22.4 Å². The van der Waals surface area contributed by atoms with E-state index in [4.69, 9.17) is 5.26 Å². The summed E-state index contributed by atoms with van der Waals surface area (Å²) in [6.45, 7) is 0.796. The molecule has 1 aliphatic rings. The number of hydrogen-bond acceptors (Lipinski definition) is 2. The Kier molecular flexibility index (Phi) is 2.13. The van der Waals surface area contributed by atoms with Crippen LogP contribution in [0, 0.1) is 16.5 Å². The molecule has 20 heavy (non-hydrogen) atoms. The standard InChI is InChI=1S/C16H11N3O/c17-10-11-5-6-14-15(9-11)19(20)16-13-4-2-1-3-12(13)7-8-18(14)16/h1-6,9H,7-8H2. The maximum Gasteiger partial charge on any atom is 0.293 e. The highest BCUT2D eigenvalue weighted by atomic mass is 16.5. The van der Waals surface area contributed by atoms with Gasteiger partial charge in [0.15, 0.2) is 11.0 Å². The van der Waals surface area contributed by atoms with Gasteiger partial charge in [0.1, 0.15) is 0 Å². The van der Waals surface area contributed by atoms with Crippen LogP contribution in [0.4, 0.5) is 0 Å². The van der Waals surface area contributed by atoms with Crippen molar-refractivity contribution in [3.05, 3.63) is 58.8 Å². The molecule has 0 atom stereocenters. The smallest absolute Gasteiger partial charge is 0.293 e. The molecule has 0 saturated heterocycles. The van der Waals surface area contributed by atoms with E-state index >= 15 is 0 Å². The zero-order valence-corrected chi connectivity index (χ0v) is 10.7. The van der Waals surface area contributed by atoms with E-state index in [2.05, 4.69) is 12.1 Å². The van der Waals surface area contributed by atoms with Gasteiger partial charge < -0.3 is 5.21 Å². The largest absolute Gasteiger partial charge is 0.710 e. The van der Waals surface area contributed by atoms with Gasteiger partial charge in [-0.2, -0.15) is 5.26 Å². The Balaban J connectivity index is 2.12. The quantitative estimate of drug-likeness (QED) is 0.461. The summed E-state index contributed by atoms with van der Waals surface area (Å²) in [4.78, 5) is 0. The lowest BCUT2D eigenvalue weighted by molar-refractivity contribution is -0.565. The van der Waals surface area contributed by atoms with Gasteiger partial charge in [0, 0.05) is 12.5 Å². The number of aromatic nitrogens is 2. The summed E-state index contributed by atoms with van der Waals surface area (Å²) in [5.74, 6) is 0.678. The van der Waals surface area contributed by atoms with Crippen molar-refractivity contribution in [3.8, 4) is 17.5 Å². The minimum atomic E-state index is 0.512. The van der Waals surface area contributed by atoms with Crippen LogP contribution in [0.1, 0.15) is 11.1 Å². The molecule has 4 rings (SSSR count). The van der Waals surface area contributed by atoms with Crippen LogP contribution in [-0.4, -0.2) is 4.57 Å². The van der Waals surface area contributed by atoms with Crippen LogP contribution in [0.3, 0.4) is 0 Å². The molecule has 0 fully saturated rings. The van der Waals surface area contributed by atoms with Crippen molar-refractivity contribution >= 4 is 11.0 Å². The first-order valence-electron chi connectivity index (χ1n) is 6.54. The number of benzene rings is 2. The lowest BCUT2D eigenvalue weighted by Crippen LogP contribution is -2.30. The molecule has 96 valence electrons. The Morgan fingerprint density at radius 1 is 1.20 bits per heavy atom. The third kappa shape index (κ3) is 1.32. The SMILES string of the molecule is N#Cc1ccc2c(c1)[n+]([O-])c1n2CCc2ccccc2-1. The second kappa shape index (κ2) is 3.84. The van der Waals surface area contributed by atoms with E-state index in [0.29, 0.717) is 16.9 Å². The van der Waals surface area contributed by atoms with Crippen LogP contribution in [-0.2, 0) is 13.0 Å². The lowest BCUT2D eigenvalue weighted by atomic mass is 10.0. The molecule has 0 aliphatic carbocycles. The normalized spacial score (nSPS) is 12.8. The molecule has 0 spiro atoms. The van der Waals surface area contributed by atoms with Crippen LogP contribution in [0.2, 0.25) is 0 Å². The summed E-state index contributed by atoms with van der Waals surface area (Å²) in [6, 6.07) is 15.4. The molecule has 0 N–H and O–H groups in total. The van der Waals surface area contributed by atoms with Gasteiger partial charge in [-0.1, -0.05) is 18.2 Å². The molecule has 3 aromatic rings. The molecule has 4 heteroatoms. The minimum Gasteiger partial charge on any atom is -0.710 e. The van der Waals surface area contributed by atoms with E-state index in [-0.39, 0.29) is 0 Å². The molecule has 0 unspecified atom stereocenters. The highest BCUT2D eigenvalue weighted by Crippen LogP contribution is 2.30. The van der Waals surface area contributed by atoms with Crippen molar-refractivity contribution in [1.82, 2.24) is 4.57 Å². The molecular formula is C16H11N3O. The summed E-state index contributed by atoms with van der Waals surface area (Å²) < 4.78 is 3.00. The summed E-state index contributed by atoms with van der Waals surface area (Å²) in [6.07, 6.45) is 0.924. The van der Waals surface area contributed by atoms with E-state index in [1.165, 1.54) is 5.56 Å². The monoisotopic (exact) mass is 261 g/mol. The first kappa shape index (κ1) is 11.1. The first-order chi connectivity index (χ1) is 9.79. The fraction of sp³-hybridized carbons (Fsp3) is 0.125. The summed E-state index contributed by atoms with van der Waals surface area (Å²) in [5, 5.41) is 21.6. The van der Waals surface area contributed by atoms with Gasteiger partial charge in [-0.05, 0) is 23.8 Å². The molecule has 1 aliphatic heterocycles. The average molecular weight is 261 g/mol. The molecular weight excluding hydrogens is 250 g/mol. The maximum atomic E-state index is 12.6. The van der Waals surface area contributed by atoms with Gasteiger partial charge in [-0.15, -0.1) is 0 Å². The Morgan fingerprint density at radius 3 is 2.90 bits per heavy atom. The van der Waals surface area contributed by atoms with Gasteiger partial charge in [-0.25, -0.2) is 9.30 Å². The first-order valence-corrected chi connectivity index (χ1v) is 6.54. The number of aryl methyl sites for hydroxylation is 2. The average Bonchev–Trinajstić information content (AvgIpc) is 2.80. The van der Waals surface area contributed by atoms with Gasteiger partial charge in [0.25, 0.3) is 5.82 Å². The molecule has 1 aromatic heterocycles. The Labute approximate surface area is 115 Å². The third-order valence-electron chi connectivity index (χ3n) is 3.93. The van der Waals surface area contributed by atoms with Gasteiger partial charge in [0.2, 0.25) is 0 Å². The number of nitrogens with zero attached hydrogens (tertiary/aromatic N) is 3. The highest BCUT2D eigenvalue weighted by molar-refractivity contribution is 5.79. The van der Waals surface area contributed by atoms with Crippen molar-refractivity contribution in [2.45, 2.75) is 13.0 Å². The van der Waals surface area contributed by atoms with Crippen molar-refractivity contribution in [2.75, 3.05) is 0 Å². The third-order valence-corrected chi connectivity index (χ3v) is 3.93. The number of fused-ring (bicyclic) bond motifs is 5. The second-order valence-electron chi connectivity index (χ2n) is 4.99. The minimum absolute atomic E-state index is 0.512. The van der Waals surface area contributed by atoms with E-state index in [0.717, 1.165) is 28.8 Å². The molecule has 0 bridgehead atoms. The van der Waals surface area contributed by atoms with E-state index < -0.39 is 0 Å². The fourth-order valence-electron chi connectivity index (χ4n) is 2.99. The van der Waals surface area contributed by atoms with Crippen molar-refractivity contribution in [2.24, 2.45) is 0 Å². The molecule has 0 amide bonds. The van der Waals surface area contributed by atoms with E-state index in [1.807, 2.05) is 28.8 Å². The predicted octanol–water partition coefficient (Wildman–Crippen LogP) is 2.37. The summed E-state index contributed by atoms with van der Waals surface area (Å²) in [5.41, 5.74) is 4.16. The number of rotatable bonds is 0.